The van der Waals surface area contributed by atoms with Gasteiger partial charge in [-0.15, -0.1) is 0 Å². The van der Waals surface area contributed by atoms with Crippen LogP contribution in [0, 0.1) is 17.3 Å². The van der Waals surface area contributed by atoms with Crippen molar-refractivity contribution in [2.75, 3.05) is 6.61 Å². The molecule has 0 radical (unpaired) electrons. The van der Waals surface area contributed by atoms with Crippen LogP contribution in [0.2, 0.25) is 0 Å². The predicted molar refractivity (Wildman–Crippen MR) is 44.4 cm³/mol. The summed E-state index contributed by atoms with van der Waals surface area (Å²) in [4.78, 5) is 0. The summed E-state index contributed by atoms with van der Waals surface area (Å²) in [7, 11) is 0. The largest absolute Gasteiger partial charge is 0.429 e. The summed E-state index contributed by atoms with van der Waals surface area (Å²) in [6.45, 7) is 6.00. The van der Waals surface area contributed by atoms with E-state index in [1.54, 1.807) is 0 Å². The molecule has 3 saturated carbocycles. The number of fused-ring (bicyclic) bond motifs is 1. The molecule has 0 aromatic rings. The van der Waals surface area contributed by atoms with Gasteiger partial charge in [0, 0.05) is 24.7 Å². The molecule has 3 aliphatic carbocycles. The molecule has 4 fully saturated rings. The molecule has 0 amide bonds. The van der Waals surface area contributed by atoms with Crippen LogP contribution in [0.4, 0.5) is 0 Å². The molecular weight excluding hydrogens is 136 g/mol. The molecule has 0 aromatic heterocycles. The van der Waals surface area contributed by atoms with E-state index in [2.05, 4.69) is 13.8 Å². The van der Waals surface area contributed by atoms with Crippen molar-refractivity contribution in [1.82, 2.24) is 0 Å². The lowest BCUT2D eigenvalue weighted by molar-refractivity contribution is -0.169. The molecule has 4 unspecified atom stereocenters. The van der Waals surface area contributed by atoms with Crippen molar-refractivity contribution in [3.63, 3.8) is 0 Å². The predicted octanol–water partition coefficient (Wildman–Crippen LogP) is 1.72. The summed E-state index contributed by atoms with van der Waals surface area (Å²) in [6.07, 6.45) is 4.31. The van der Waals surface area contributed by atoms with Crippen LogP contribution in [0.1, 0.15) is 33.1 Å². The molecule has 1 aliphatic heterocycles. The first kappa shape index (κ1) is 6.47. The van der Waals surface area contributed by atoms with E-state index in [9.17, 15) is 0 Å². The second kappa shape index (κ2) is 1.52. The number of rotatable bonds is 0. The average Bonchev–Trinajstić information content (AvgIpc) is 2.10. The van der Waals surface area contributed by atoms with Crippen LogP contribution < -0.4 is 0 Å². The molecule has 1 saturated heterocycles. The van der Waals surface area contributed by atoms with Gasteiger partial charge in [0.15, 0.2) is 12.2 Å². The van der Waals surface area contributed by atoms with Gasteiger partial charge in [-0.3, -0.25) is 0 Å². The third-order valence-corrected chi connectivity index (χ3v) is 4.78. The molecule has 1 heterocycles. The Morgan fingerprint density at radius 1 is 1.36 bits per heavy atom. The van der Waals surface area contributed by atoms with Crippen molar-refractivity contribution in [1.29, 1.82) is 0 Å². The summed E-state index contributed by atoms with van der Waals surface area (Å²) in [5, 5.41) is 0. The van der Waals surface area contributed by atoms with E-state index in [1.165, 1.54) is 25.9 Å². The fourth-order valence-electron chi connectivity index (χ4n) is 3.78. The third-order valence-electron chi connectivity index (χ3n) is 4.78. The van der Waals surface area contributed by atoms with Gasteiger partial charge in [-0.05, 0) is 18.8 Å². The van der Waals surface area contributed by atoms with Crippen LogP contribution >= 0.6 is 0 Å². The van der Waals surface area contributed by atoms with E-state index in [0.29, 0.717) is 11.0 Å². The summed E-state index contributed by atoms with van der Waals surface area (Å²) < 4.78 is 4.82. The Morgan fingerprint density at radius 2 is 2.18 bits per heavy atom. The molecular formula is C10H17O+. The van der Waals surface area contributed by atoms with Crippen molar-refractivity contribution in [2.45, 2.75) is 38.7 Å². The second-order valence-electron chi connectivity index (χ2n) is 5.20. The quantitative estimate of drug-likeness (QED) is 0.470. The van der Waals surface area contributed by atoms with Gasteiger partial charge in [-0.2, -0.15) is 0 Å². The monoisotopic (exact) mass is 153 g/mol. The minimum atomic E-state index is 0.406. The van der Waals surface area contributed by atoms with Gasteiger partial charge < -0.3 is 4.74 Å². The highest BCUT2D eigenvalue weighted by Crippen LogP contribution is 2.67. The fourth-order valence-corrected chi connectivity index (χ4v) is 3.78. The first-order valence-corrected chi connectivity index (χ1v) is 4.84. The Morgan fingerprint density at radius 3 is 2.73 bits per heavy atom. The normalized spacial score (nSPS) is 66.0. The maximum Gasteiger partial charge on any atom is 0.165 e. The maximum absolute atomic E-state index is 4.82. The molecule has 1 heteroatoms. The van der Waals surface area contributed by atoms with Crippen LogP contribution in [-0.4, -0.2) is 16.9 Å². The third kappa shape index (κ3) is 0.516. The molecule has 4 aliphatic rings. The zero-order valence-corrected chi connectivity index (χ0v) is 7.43. The van der Waals surface area contributed by atoms with E-state index >= 15 is 0 Å². The highest BCUT2D eigenvalue weighted by molar-refractivity contribution is 5.14. The van der Waals surface area contributed by atoms with Crippen LogP contribution in [-0.2, 0) is 0 Å². The Bertz CT molecular complexity index is 201. The average molecular weight is 153 g/mol. The van der Waals surface area contributed by atoms with Crippen LogP contribution in [0.25, 0.3) is 0 Å². The number of hydrogen-bond donors (Lipinski definition) is 0. The summed E-state index contributed by atoms with van der Waals surface area (Å²) in [5.41, 5.74) is 1.05. The molecule has 4 rings (SSSR count). The van der Waals surface area contributed by atoms with Crippen LogP contribution in [0.3, 0.4) is 0 Å². The Kier molecular flexibility index (Phi) is 0.893. The summed E-state index contributed by atoms with van der Waals surface area (Å²) in [5.74, 6) is 1.99. The van der Waals surface area contributed by atoms with Crippen molar-refractivity contribution < 1.29 is 4.74 Å². The van der Waals surface area contributed by atoms with E-state index in [0.717, 1.165) is 11.8 Å². The molecule has 4 bridgehead atoms. The molecule has 4 atom stereocenters. The lowest BCUT2D eigenvalue weighted by atomic mass is 9.46. The topological polar surface area (TPSA) is 12.8 Å². The minimum absolute atomic E-state index is 0.406. The van der Waals surface area contributed by atoms with Gasteiger partial charge in [0.05, 0.1) is 0 Å². The lowest BCUT2D eigenvalue weighted by Gasteiger charge is -2.54. The SMILES string of the molecule is CC12CCC3CC1C3(C)C[OH+]2. The van der Waals surface area contributed by atoms with Gasteiger partial charge in [0.25, 0.3) is 0 Å². The van der Waals surface area contributed by atoms with Gasteiger partial charge in [-0.1, -0.05) is 6.92 Å². The molecule has 0 spiro atoms. The summed E-state index contributed by atoms with van der Waals surface area (Å²) >= 11 is 0. The number of ether oxygens (including phenoxy) is 1. The van der Waals surface area contributed by atoms with E-state index in [1.807, 2.05) is 0 Å². The van der Waals surface area contributed by atoms with Gasteiger partial charge in [0.2, 0.25) is 0 Å². The van der Waals surface area contributed by atoms with E-state index in [4.69, 9.17) is 4.74 Å². The summed E-state index contributed by atoms with van der Waals surface area (Å²) in [6, 6.07) is 0. The molecule has 1 N–H and O–H groups in total. The standard InChI is InChI=1S/C10H16O/c1-9-6-11-10(2)4-3-7(9)5-8(9)10/h7-8H,3-6H2,1-2H3/p+1. The van der Waals surface area contributed by atoms with E-state index in [-0.39, 0.29) is 0 Å². The first-order chi connectivity index (χ1) is 5.15. The highest BCUT2D eigenvalue weighted by atomic mass is 16.5. The van der Waals surface area contributed by atoms with Crippen LogP contribution in [0.15, 0.2) is 0 Å². The maximum atomic E-state index is 4.82. The molecule has 62 valence electrons. The molecule has 1 nitrogen and oxygen atoms in total. The minimum Gasteiger partial charge on any atom is -0.429 e. The number of aliphatic hydroxyl groups is 2. The van der Waals surface area contributed by atoms with E-state index < -0.39 is 0 Å². The van der Waals surface area contributed by atoms with Crippen LogP contribution in [0.5, 0.6) is 0 Å². The molecule has 0 aromatic carbocycles. The van der Waals surface area contributed by atoms with Crippen molar-refractivity contribution >= 4 is 0 Å². The Labute approximate surface area is 68.1 Å². The lowest BCUT2D eigenvalue weighted by Crippen LogP contribution is -2.56. The highest BCUT2D eigenvalue weighted by Gasteiger charge is 2.71. The van der Waals surface area contributed by atoms with Crippen molar-refractivity contribution in [3.8, 4) is 0 Å². The smallest absolute Gasteiger partial charge is 0.165 e. The molecule has 11 heavy (non-hydrogen) atoms. The number of hydrogen-bond acceptors (Lipinski definition) is 0. The first-order valence-electron chi connectivity index (χ1n) is 4.84. The van der Waals surface area contributed by atoms with Gasteiger partial charge in [0.1, 0.15) is 0 Å². The van der Waals surface area contributed by atoms with Crippen molar-refractivity contribution in [2.24, 2.45) is 17.3 Å². The van der Waals surface area contributed by atoms with Crippen molar-refractivity contribution in [3.05, 3.63) is 0 Å². The van der Waals surface area contributed by atoms with Gasteiger partial charge in [-0.25, -0.2) is 0 Å². The Hall–Kier alpha value is -0.0400. The Balaban J connectivity index is 2.05. The fraction of sp³-hybridized carbons (Fsp3) is 1.00. The zero-order valence-electron chi connectivity index (χ0n) is 7.43. The zero-order chi connectivity index (χ0) is 7.69. The van der Waals surface area contributed by atoms with Gasteiger partial charge >= 0.3 is 0 Å². The second-order valence-corrected chi connectivity index (χ2v) is 5.20.